The third kappa shape index (κ3) is 2.63. The van der Waals surface area contributed by atoms with E-state index in [-0.39, 0.29) is 12.2 Å². The number of fused-ring (bicyclic) bond motifs is 2. The Morgan fingerprint density at radius 2 is 2.30 bits per heavy atom. The molecule has 0 radical (unpaired) electrons. The Bertz CT molecular complexity index is 484. The van der Waals surface area contributed by atoms with E-state index in [2.05, 4.69) is 18.7 Å². The third-order valence-electron chi connectivity index (χ3n) is 3.71. The highest BCUT2D eigenvalue weighted by molar-refractivity contribution is 5.44. The maximum atomic E-state index is 5.98. The van der Waals surface area contributed by atoms with Crippen molar-refractivity contribution in [2.75, 3.05) is 6.61 Å². The molecule has 3 aliphatic rings. The molecule has 0 aromatic carbocycles. The van der Waals surface area contributed by atoms with E-state index in [1.165, 1.54) is 0 Å². The predicted octanol–water partition coefficient (Wildman–Crippen LogP) is 3.31. The lowest BCUT2D eigenvalue weighted by Crippen LogP contribution is -2.20. The van der Waals surface area contributed by atoms with Crippen molar-refractivity contribution in [2.45, 2.75) is 38.6 Å². The Balaban J connectivity index is 1.64. The standard InChI is InChI=1S/C17H21O3/c1-11(2)19-17-12(3)5-4-6-16(17)18-10-13-9-14-7-8-15(13)20-14/h4-8,11,13-15H,3,9-10H2,1-2H3/q-1. The van der Waals surface area contributed by atoms with E-state index in [1.807, 2.05) is 32.4 Å². The molecule has 3 heteroatoms. The van der Waals surface area contributed by atoms with Crippen LogP contribution in [0.2, 0.25) is 0 Å². The van der Waals surface area contributed by atoms with Crippen molar-refractivity contribution < 1.29 is 14.2 Å². The lowest BCUT2D eigenvalue weighted by atomic mass is 9.95. The molecule has 2 bridgehead atoms. The summed E-state index contributed by atoms with van der Waals surface area (Å²) in [6.45, 7) is 8.68. The number of hydrogen-bond acceptors (Lipinski definition) is 3. The molecular formula is C17H21O3-. The first-order valence-electron chi connectivity index (χ1n) is 7.21. The van der Waals surface area contributed by atoms with Gasteiger partial charge in [0.05, 0.1) is 36.4 Å². The average Bonchev–Trinajstić information content (AvgIpc) is 3.01. The minimum absolute atomic E-state index is 0.106. The van der Waals surface area contributed by atoms with Crippen LogP contribution in [0.4, 0.5) is 0 Å². The fourth-order valence-electron chi connectivity index (χ4n) is 2.76. The van der Waals surface area contributed by atoms with Crippen LogP contribution in [0.1, 0.15) is 20.3 Å². The highest BCUT2D eigenvalue weighted by Crippen LogP contribution is 2.35. The van der Waals surface area contributed by atoms with Crippen LogP contribution < -0.4 is 0 Å². The van der Waals surface area contributed by atoms with Crippen LogP contribution in [0.25, 0.3) is 0 Å². The first kappa shape index (κ1) is 13.4. The van der Waals surface area contributed by atoms with Gasteiger partial charge in [-0.2, -0.15) is 12.2 Å². The van der Waals surface area contributed by atoms with Crippen LogP contribution in [0.15, 0.2) is 48.0 Å². The van der Waals surface area contributed by atoms with Crippen LogP contribution in [0.3, 0.4) is 0 Å². The summed E-state index contributed by atoms with van der Waals surface area (Å²) >= 11 is 0. The molecule has 1 aliphatic carbocycles. The molecule has 2 aliphatic heterocycles. The number of ether oxygens (including phenoxy) is 3. The zero-order chi connectivity index (χ0) is 14.1. The largest absolute Gasteiger partial charge is 0.545 e. The SMILES string of the molecule is C=C1C=C[CH-]C(OCC2CC3C=CC2O3)=C1OC(C)C. The van der Waals surface area contributed by atoms with Gasteiger partial charge in [0, 0.05) is 5.92 Å². The molecule has 108 valence electrons. The number of allylic oxidation sites excluding steroid dienone is 2. The molecule has 0 aromatic rings. The van der Waals surface area contributed by atoms with Gasteiger partial charge in [-0.05, 0) is 20.3 Å². The summed E-state index contributed by atoms with van der Waals surface area (Å²) in [6.07, 6.45) is 11.8. The molecule has 1 saturated heterocycles. The van der Waals surface area contributed by atoms with E-state index < -0.39 is 0 Å². The van der Waals surface area contributed by atoms with Crippen LogP contribution in [-0.2, 0) is 14.2 Å². The molecule has 3 nitrogen and oxygen atoms in total. The van der Waals surface area contributed by atoms with Gasteiger partial charge in [-0.1, -0.05) is 17.7 Å². The van der Waals surface area contributed by atoms with Crippen molar-refractivity contribution in [1.82, 2.24) is 0 Å². The molecule has 3 rings (SSSR count). The fourth-order valence-corrected chi connectivity index (χ4v) is 2.76. The summed E-state index contributed by atoms with van der Waals surface area (Å²) < 4.78 is 17.6. The van der Waals surface area contributed by atoms with E-state index in [1.54, 1.807) is 0 Å². The number of hydrogen-bond donors (Lipinski definition) is 0. The Kier molecular flexibility index (Phi) is 3.62. The van der Waals surface area contributed by atoms with E-state index in [0.717, 1.165) is 23.5 Å². The van der Waals surface area contributed by atoms with Crippen molar-refractivity contribution in [3.05, 3.63) is 54.4 Å². The van der Waals surface area contributed by atoms with Gasteiger partial charge in [0.15, 0.2) is 0 Å². The molecule has 0 N–H and O–H groups in total. The summed E-state index contributed by atoms with van der Waals surface area (Å²) in [7, 11) is 0. The zero-order valence-electron chi connectivity index (χ0n) is 12.0. The Labute approximate surface area is 120 Å². The molecule has 0 aromatic heterocycles. The minimum atomic E-state index is 0.106. The monoisotopic (exact) mass is 273 g/mol. The molecule has 1 fully saturated rings. The molecule has 0 amide bonds. The van der Waals surface area contributed by atoms with Crippen LogP contribution in [-0.4, -0.2) is 24.9 Å². The maximum Gasteiger partial charge on any atom is 0.0909 e. The normalized spacial score (nSPS) is 31.1. The van der Waals surface area contributed by atoms with Gasteiger partial charge in [-0.15, -0.1) is 13.0 Å². The Hall–Kier alpha value is -1.61. The van der Waals surface area contributed by atoms with Gasteiger partial charge in [0.25, 0.3) is 0 Å². The summed E-state index contributed by atoms with van der Waals surface area (Å²) in [4.78, 5) is 0. The van der Waals surface area contributed by atoms with Crippen molar-refractivity contribution in [3.8, 4) is 0 Å². The van der Waals surface area contributed by atoms with Crippen molar-refractivity contribution in [3.63, 3.8) is 0 Å². The van der Waals surface area contributed by atoms with Gasteiger partial charge in [-0.3, -0.25) is 0 Å². The highest BCUT2D eigenvalue weighted by Gasteiger charge is 2.37. The molecule has 3 atom stereocenters. The molecular weight excluding hydrogens is 252 g/mol. The summed E-state index contributed by atoms with van der Waals surface area (Å²) in [5, 5.41) is 0. The third-order valence-corrected chi connectivity index (χ3v) is 3.71. The van der Waals surface area contributed by atoms with Crippen molar-refractivity contribution >= 4 is 0 Å². The minimum Gasteiger partial charge on any atom is -0.545 e. The lowest BCUT2D eigenvalue weighted by Gasteiger charge is -2.30. The lowest BCUT2D eigenvalue weighted by molar-refractivity contribution is 0.0788. The predicted molar refractivity (Wildman–Crippen MR) is 77.7 cm³/mol. The van der Waals surface area contributed by atoms with Crippen LogP contribution >= 0.6 is 0 Å². The van der Waals surface area contributed by atoms with Gasteiger partial charge in [-0.25, -0.2) is 0 Å². The molecule has 0 spiro atoms. The Morgan fingerprint density at radius 1 is 1.45 bits per heavy atom. The smallest absolute Gasteiger partial charge is 0.0909 e. The second-order valence-electron chi connectivity index (χ2n) is 5.74. The van der Waals surface area contributed by atoms with E-state index >= 15 is 0 Å². The van der Waals surface area contributed by atoms with Crippen molar-refractivity contribution in [2.24, 2.45) is 5.92 Å². The Morgan fingerprint density at radius 3 is 2.95 bits per heavy atom. The number of rotatable bonds is 5. The first-order valence-corrected chi connectivity index (χ1v) is 7.21. The first-order chi connectivity index (χ1) is 9.63. The van der Waals surface area contributed by atoms with Gasteiger partial charge >= 0.3 is 0 Å². The summed E-state index contributed by atoms with van der Waals surface area (Å²) in [5.74, 6) is 1.96. The van der Waals surface area contributed by atoms with Gasteiger partial charge in [0.1, 0.15) is 0 Å². The van der Waals surface area contributed by atoms with Crippen LogP contribution in [0.5, 0.6) is 0 Å². The maximum absolute atomic E-state index is 5.98. The highest BCUT2D eigenvalue weighted by atomic mass is 16.5. The second-order valence-corrected chi connectivity index (χ2v) is 5.74. The fraction of sp³-hybridized carbons (Fsp3) is 0.471. The van der Waals surface area contributed by atoms with E-state index in [4.69, 9.17) is 14.2 Å². The molecule has 20 heavy (non-hydrogen) atoms. The topological polar surface area (TPSA) is 27.7 Å². The zero-order valence-corrected chi connectivity index (χ0v) is 12.0. The molecule has 2 heterocycles. The van der Waals surface area contributed by atoms with Crippen molar-refractivity contribution in [1.29, 1.82) is 0 Å². The van der Waals surface area contributed by atoms with Gasteiger partial charge < -0.3 is 14.2 Å². The quantitative estimate of drug-likeness (QED) is 0.568. The summed E-state index contributed by atoms with van der Waals surface area (Å²) in [6, 6.07) is 0. The molecule has 0 saturated carbocycles. The summed E-state index contributed by atoms with van der Waals surface area (Å²) in [5.41, 5.74) is 0.861. The van der Waals surface area contributed by atoms with E-state index in [0.29, 0.717) is 18.6 Å². The second kappa shape index (κ2) is 5.41. The average molecular weight is 273 g/mol. The van der Waals surface area contributed by atoms with E-state index in [9.17, 15) is 0 Å². The van der Waals surface area contributed by atoms with Crippen LogP contribution in [0, 0.1) is 12.3 Å². The molecule has 3 unspecified atom stereocenters. The van der Waals surface area contributed by atoms with Gasteiger partial charge in [0.2, 0.25) is 0 Å².